The Morgan fingerprint density at radius 1 is 0.625 bits per heavy atom. The van der Waals surface area contributed by atoms with Crippen molar-refractivity contribution in [3.05, 3.63) is 12.2 Å². The fourth-order valence-corrected chi connectivity index (χ4v) is 3.05. The first-order valence-corrected chi connectivity index (χ1v) is 10.6. The Kier molecular flexibility index (Phi) is 19.6. The van der Waals surface area contributed by atoms with Crippen molar-refractivity contribution >= 4 is 5.97 Å². The summed E-state index contributed by atoms with van der Waals surface area (Å²) in [5, 5.41) is 8.55. The van der Waals surface area contributed by atoms with Crippen LogP contribution in [0.1, 0.15) is 122 Å². The van der Waals surface area contributed by atoms with E-state index >= 15 is 0 Å². The lowest BCUT2D eigenvalue weighted by molar-refractivity contribution is -0.137. The van der Waals surface area contributed by atoms with Gasteiger partial charge in [0.25, 0.3) is 0 Å². The molecule has 2 heteroatoms. The molecule has 0 aromatic heterocycles. The predicted octanol–water partition coefficient (Wildman–Crippen LogP) is 7.67. The van der Waals surface area contributed by atoms with Crippen molar-refractivity contribution in [1.29, 1.82) is 0 Å². The molecule has 0 radical (unpaired) electrons. The normalized spacial score (nSPS) is 11.4. The van der Waals surface area contributed by atoms with Gasteiger partial charge in [0.15, 0.2) is 0 Å². The molecule has 0 bridgehead atoms. The van der Waals surface area contributed by atoms with E-state index in [2.05, 4.69) is 19.1 Å². The lowest BCUT2D eigenvalue weighted by atomic mass is 10.0. The van der Waals surface area contributed by atoms with Gasteiger partial charge in [-0.1, -0.05) is 96.1 Å². The Morgan fingerprint density at radius 2 is 1.00 bits per heavy atom. The summed E-state index contributed by atoms with van der Waals surface area (Å²) in [6.07, 6.45) is 27.1. The summed E-state index contributed by atoms with van der Waals surface area (Å²) in [6.45, 7) is 2.27. The molecule has 0 saturated heterocycles. The first-order chi connectivity index (χ1) is 11.8. The third kappa shape index (κ3) is 21.2. The molecule has 0 heterocycles. The van der Waals surface area contributed by atoms with Crippen molar-refractivity contribution in [1.82, 2.24) is 0 Å². The number of allylic oxidation sites excluding steroid dienone is 2. The Bertz CT molecular complexity index is 284. The van der Waals surface area contributed by atoms with Crippen LogP contribution < -0.4 is 0 Å². The zero-order valence-electron chi connectivity index (χ0n) is 16.2. The maximum atomic E-state index is 10.4. The molecule has 0 amide bonds. The van der Waals surface area contributed by atoms with Crippen LogP contribution in [-0.4, -0.2) is 11.1 Å². The molecule has 0 aliphatic heterocycles. The van der Waals surface area contributed by atoms with E-state index in [4.69, 9.17) is 5.11 Å². The Morgan fingerprint density at radius 3 is 1.42 bits per heavy atom. The van der Waals surface area contributed by atoms with Gasteiger partial charge in [0.05, 0.1) is 0 Å². The van der Waals surface area contributed by atoms with Gasteiger partial charge in [0.2, 0.25) is 0 Å². The average molecular weight is 339 g/mol. The zero-order chi connectivity index (χ0) is 17.7. The molecule has 0 aromatic carbocycles. The number of carboxylic acid groups (broad SMARTS) is 1. The second-order valence-electron chi connectivity index (χ2n) is 7.14. The molecule has 0 aromatic rings. The van der Waals surface area contributed by atoms with E-state index in [1.165, 1.54) is 96.3 Å². The number of hydrogen-bond acceptors (Lipinski definition) is 1. The highest BCUT2D eigenvalue weighted by Gasteiger charge is 1.96. The van der Waals surface area contributed by atoms with Gasteiger partial charge in [-0.3, -0.25) is 4.79 Å². The highest BCUT2D eigenvalue weighted by Crippen LogP contribution is 2.12. The van der Waals surface area contributed by atoms with E-state index in [0.717, 1.165) is 12.8 Å². The highest BCUT2D eigenvalue weighted by molar-refractivity contribution is 5.66. The van der Waals surface area contributed by atoms with Crippen molar-refractivity contribution in [2.45, 2.75) is 122 Å². The van der Waals surface area contributed by atoms with E-state index in [-0.39, 0.29) is 0 Å². The fourth-order valence-electron chi connectivity index (χ4n) is 3.05. The summed E-state index contributed by atoms with van der Waals surface area (Å²) in [6, 6.07) is 0. The maximum Gasteiger partial charge on any atom is 0.303 e. The molecule has 142 valence electrons. The lowest BCUT2D eigenvalue weighted by Gasteiger charge is -2.02. The summed E-state index contributed by atoms with van der Waals surface area (Å²) in [5.41, 5.74) is 0. The third-order valence-electron chi connectivity index (χ3n) is 4.65. The molecule has 1 N–H and O–H groups in total. The van der Waals surface area contributed by atoms with Gasteiger partial charge in [-0.15, -0.1) is 0 Å². The molecular weight excluding hydrogens is 296 g/mol. The van der Waals surface area contributed by atoms with Gasteiger partial charge in [-0.05, 0) is 32.1 Å². The predicted molar refractivity (Wildman–Crippen MR) is 106 cm³/mol. The summed E-state index contributed by atoms with van der Waals surface area (Å²) in [5.74, 6) is -0.656. The van der Waals surface area contributed by atoms with E-state index in [1.807, 2.05) is 0 Å². The van der Waals surface area contributed by atoms with Crippen LogP contribution in [0.25, 0.3) is 0 Å². The molecule has 0 unspecified atom stereocenters. The van der Waals surface area contributed by atoms with Crippen molar-refractivity contribution in [3.63, 3.8) is 0 Å². The van der Waals surface area contributed by atoms with Crippen LogP contribution in [0.15, 0.2) is 12.2 Å². The average Bonchev–Trinajstić information content (AvgIpc) is 2.56. The Balaban J connectivity index is 3.05. The number of rotatable bonds is 19. The molecule has 0 aliphatic carbocycles. The van der Waals surface area contributed by atoms with E-state index in [1.54, 1.807) is 0 Å². The number of carboxylic acids is 1. The van der Waals surface area contributed by atoms with Crippen molar-refractivity contribution in [3.8, 4) is 0 Å². The monoisotopic (exact) mass is 338 g/mol. The molecule has 0 spiro atoms. The van der Waals surface area contributed by atoms with Gasteiger partial charge in [-0.2, -0.15) is 0 Å². The zero-order valence-corrected chi connectivity index (χ0v) is 16.2. The largest absolute Gasteiger partial charge is 0.481 e. The molecule has 24 heavy (non-hydrogen) atoms. The van der Waals surface area contributed by atoms with Crippen LogP contribution in [0, 0.1) is 0 Å². The summed E-state index contributed by atoms with van der Waals surface area (Å²) >= 11 is 0. The number of hydrogen-bond donors (Lipinski definition) is 1. The molecule has 0 atom stereocenters. The SMILES string of the molecule is CCCCCCC/C=C/CCCCCCCCCCCCC(=O)O. The van der Waals surface area contributed by atoms with Crippen molar-refractivity contribution in [2.75, 3.05) is 0 Å². The summed E-state index contributed by atoms with van der Waals surface area (Å²) in [4.78, 5) is 10.4. The van der Waals surface area contributed by atoms with Crippen LogP contribution in [-0.2, 0) is 4.79 Å². The van der Waals surface area contributed by atoms with Gasteiger partial charge >= 0.3 is 5.97 Å². The topological polar surface area (TPSA) is 37.3 Å². The van der Waals surface area contributed by atoms with E-state index < -0.39 is 5.97 Å². The van der Waals surface area contributed by atoms with Crippen LogP contribution in [0.2, 0.25) is 0 Å². The molecular formula is C22H42O2. The fraction of sp³-hybridized carbons (Fsp3) is 0.864. The molecule has 0 rings (SSSR count). The van der Waals surface area contributed by atoms with Crippen LogP contribution >= 0.6 is 0 Å². The van der Waals surface area contributed by atoms with Gasteiger partial charge in [0.1, 0.15) is 0 Å². The standard InChI is InChI=1S/C22H42O2/c1-2-3-4-5-6-7-8-9-10-11-12-13-14-15-16-17-18-19-20-21-22(23)24/h8-9H,2-7,10-21H2,1H3,(H,23,24)/b9-8+. The highest BCUT2D eigenvalue weighted by atomic mass is 16.4. The molecule has 0 saturated carbocycles. The van der Waals surface area contributed by atoms with Gasteiger partial charge < -0.3 is 5.11 Å². The van der Waals surface area contributed by atoms with Gasteiger partial charge in [-0.25, -0.2) is 0 Å². The quantitative estimate of drug-likeness (QED) is 0.194. The number of aliphatic carboxylic acids is 1. The van der Waals surface area contributed by atoms with E-state index in [0.29, 0.717) is 6.42 Å². The van der Waals surface area contributed by atoms with Crippen molar-refractivity contribution < 1.29 is 9.90 Å². The number of unbranched alkanes of at least 4 members (excludes halogenated alkanes) is 15. The van der Waals surface area contributed by atoms with E-state index in [9.17, 15) is 4.79 Å². The second-order valence-corrected chi connectivity index (χ2v) is 7.14. The van der Waals surface area contributed by atoms with Crippen LogP contribution in [0.5, 0.6) is 0 Å². The molecule has 0 aliphatic rings. The minimum atomic E-state index is -0.656. The first kappa shape index (κ1) is 23.2. The summed E-state index contributed by atoms with van der Waals surface area (Å²) < 4.78 is 0. The third-order valence-corrected chi connectivity index (χ3v) is 4.65. The second kappa shape index (κ2) is 20.3. The smallest absolute Gasteiger partial charge is 0.303 e. The number of carbonyl (C=O) groups is 1. The minimum absolute atomic E-state index is 0.341. The molecule has 0 fully saturated rings. The first-order valence-electron chi connectivity index (χ1n) is 10.6. The lowest BCUT2D eigenvalue weighted by Crippen LogP contribution is -1.93. The minimum Gasteiger partial charge on any atom is -0.481 e. The maximum absolute atomic E-state index is 10.4. The van der Waals surface area contributed by atoms with Crippen LogP contribution in [0.4, 0.5) is 0 Å². The Labute approximate surface area is 151 Å². The van der Waals surface area contributed by atoms with Crippen LogP contribution in [0.3, 0.4) is 0 Å². The Hall–Kier alpha value is -0.790. The molecule has 2 nitrogen and oxygen atoms in total. The van der Waals surface area contributed by atoms with Gasteiger partial charge in [0, 0.05) is 6.42 Å². The summed E-state index contributed by atoms with van der Waals surface area (Å²) in [7, 11) is 0. The van der Waals surface area contributed by atoms with Crippen molar-refractivity contribution in [2.24, 2.45) is 0 Å².